The molecule has 6 heteroatoms. The lowest BCUT2D eigenvalue weighted by Gasteiger charge is -2.21. The number of hydrogen-bond acceptors (Lipinski definition) is 4. The van der Waals surface area contributed by atoms with Gasteiger partial charge in [-0.15, -0.1) is 0 Å². The molecule has 0 atom stereocenters. The van der Waals surface area contributed by atoms with Crippen molar-refractivity contribution in [1.82, 2.24) is 4.90 Å². The van der Waals surface area contributed by atoms with Gasteiger partial charge in [0, 0.05) is 17.6 Å². The van der Waals surface area contributed by atoms with E-state index in [9.17, 15) is 4.79 Å². The van der Waals surface area contributed by atoms with Crippen LogP contribution in [0.3, 0.4) is 0 Å². The van der Waals surface area contributed by atoms with Crippen LogP contribution >= 0.6 is 15.9 Å². The van der Waals surface area contributed by atoms with E-state index in [0.29, 0.717) is 26.1 Å². The van der Waals surface area contributed by atoms with E-state index in [1.807, 2.05) is 54.3 Å². The number of fused-ring (bicyclic) bond motifs is 1. The van der Waals surface area contributed by atoms with E-state index in [1.54, 1.807) is 0 Å². The lowest BCUT2D eigenvalue weighted by Crippen LogP contribution is -2.31. The maximum atomic E-state index is 12.5. The Hall–Kier alpha value is -2.21. The summed E-state index contributed by atoms with van der Waals surface area (Å²) in [5.41, 5.74) is 1.02. The van der Waals surface area contributed by atoms with Gasteiger partial charge in [-0.05, 0) is 42.8 Å². The summed E-state index contributed by atoms with van der Waals surface area (Å²) in [4.78, 5) is 14.3. The Labute approximate surface area is 155 Å². The van der Waals surface area contributed by atoms with Crippen LogP contribution in [-0.2, 0) is 11.3 Å². The SMILES string of the molecule is CCN(Cc1ccc2c(c1)OCO2)C(=O)CCOc1cccc(Br)c1. The predicted octanol–water partition coefficient (Wildman–Crippen LogP) is 4.00. The first-order valence-electron chi connectivity index (χ1n) is 8.20. The van der Waals surface area contributed by atoms with Gasteiger partial charge >= 0.3 is 0 Å². The van der Waals surface area contributed by atoms with Gasteiger partial charge in [-0.2, -0.15) is 0 Å². The fourth-order valence-corrected chi connectivity index (χ4v) is 2.99. The lowest BCUT2D eigenvalue weighted by atomic mass is 10.2. The van der Waals surface area contributed by atoms with Gasteiger partial charge in [0.15, 0.2) is 11.5 Å². The fourth-order valence-electron chi connectivity index (χ4n) is 2.61. The first-order valence-corrected chi connectivity index (χ1v) is 8.99. The molecule has 5 nitrogen and oxygen atoms in total. The third-order valence-electron chi connectivity index (χ3n) is 3.93. The summed E-state index contributed by atoms with van der Waals surface area (Å²) in [5, 5.41) is 0. The van der Waals surface area contributed by atoms with Crippen molar-refractivity contribution < 1.29 is 19.0 Å². The van der Waals surface area contributed by atoms with E-state index < -0.39 is 0 Å². The van der Waals surface area contributed by atoms with Crippen molar-refractivity contribution in [3.05, 3.63) is 52.5 Å². The number of halogens is 1. The zero-order chi connectivity index (χ0) is 17.6. The Kier molecular flexibility index (Phi) is 5.81. The van der Waals surface area contributed by atoms with Gasteiger partial charge < -0.3 is 19.1 Å². The van der Waals surface area contributed by atoms with Crippen LogP contribution in [-0.4, -0.2) is 30.8 Å². The van der Waals surface area contributed by atoms with Gasteiger partial charge in [0.05, 0.1) is 13.0 Å². The summed E-state index contributed by atoms with van der Waals surface area (Å²) in [5.74, 6) is 2.30. The van der Waals surface area contributed by atoms with Gasteiger partial charge in [0.2, 0.25) is 12.7 Å². The number of ether oxygens (including phenoxy) is 3. The quantitative estimate of drug-likeness (QED) is 0.698. The molecular weight excluding hydrogens is 386 g/mol. The van der Waals surface area contributed by atoms with Crippen molar-refractivity contribution in [3.8, 4) is 17.2 Å². The first kappa shape index (κ1) is 17.6. The van der Waals surface area contributed by atoms with E-state index in [2.05, 4.69) is 15.9 Å². The highest BCUT2D eigenvalue weighted by Crippen LogP contribution is 2.32. The molecule has 1 amide bonds. The molecule has 0 spiro atoms. The average Bonchev–Trinajstić information content (AvgIpc) is 3.07. The highest BCUT2D eigenvalue weighted by molar-refractivity contribution is 9.10. The highest BCUT2D eigenvalue weighted by atomic mass is 79.9. The topological polar surface area (TPSA) is 48.0 Å². The number of amides is 1. The number of carbonyl (C=O) groups excluding carboxylic acids is 1. The van der Waals surface area contributed by atoms with Crippen LogP contribution in [0.4, 0.5) is 0 Å². The van der Waals surface area contributed by atoms with E-state index in [4.69, 9.17) is 14.2 Å². The second-order valence-electron chi connectivity index (χ2n) is 5.65. The molecule has 0 unspecified atom stereocenters. The van der Waals surface area contributed by atoms with E-state index >= 15 is 0 Å². The number of rotatable bonds is 7. The van der Waals surface area contributed by atoms with Crippen LogP contribution < -0.4 is 14.2 Å². The molecule has 25 heavy (non-hydrogen) atoms. The zero-order valence-corrected chi connectivity index (χ0v) is 15.6. The van der Waals surface area contributed by atoms with Crippen molar-refractivity contribution >= 4 is 21.8 Å². The molecule has 0 N–H and O–H groups in total. The molecule has 0 saturated heterocycles. The summed E-state index contributed by atoms with van der Waals surface area (Å²) < 4.78 is 17.3. The van der Waals surface area contributed by atoms with Crippen LogP contribution in [0.5, 0.6) is 17.2 Å². The van der Waals surface area contributed by atoms with Crippen LogP contribution in [0.2, 0.25) is 0 Å². The van der Waals surface area contributed by atoms with Crippen LogP contribution in [0, 0.1) is 0 Å². The van der Waals surface area contributed by atoms with Crippen molar-refractivity contribution in [2.75, 3.05) is 19.9 Å². The third kappa shape index (κ3) is 4.66. The number of carbonyl (C=O) groups is 1. The Bertz CT molecular complexity index is 750. The minimum Gasteiger partial charge on any atom is -0.493 e. The van der Waals surface area contributed by atoms with Gasteiger partial charge in [-0.25, -0.2) is 0 Å². The highest BCUT2D eigenvalue weighted by Gasteiger charge is 2.16. The van der Waals surface area contributed by atoms with Gasteiger partial charge in [-0.1, -0.05) is 28.1 Å². The maximum Gasteiger partial charge on any atom is 0.231 e. The van der Waals surface area contributed by atoms with Gasteiger partial charge in [0.1, 0.15) is 5.75 Å². The number of benzene rings is 2. The second-order valence-corrected chi connectivity index (χ2v) is 6.57. The Morgan fingerprint density at radius 1 is 1.20 bits per heavy atom. The Morgan fingerprint density at radius 2 is 2.04 bits per heavy atom. The molecule has 3 rings (SSSR count). The summed E-state index contributed by atoms with van der Waals surface area (Å²) in [7, 11) is 0. The summed E-state index contributed by atoms with van der Waals surface area (Å²) >= 11 is 3.40. The molecule has 1 heterocycles. The fraction of sp³-hybridized carbons (Fsp3) is 0.316. The second kappa shape index (κ2) is 8.25. The lowest BCUT2D eigenvalue weighted by molar-refractivity contribution is -0.132. The molecular formula is C19H20BrNO4. The monoisotopic (exact) mass is 405 g/mol. The average molecular weight is 406 g/mol. The van der Waals surface area contributed by atoms with Crippen molar-refractivity contribution in [2.45, 2.75) is 19.9 Å². The Morgan fingerprint density at radius 3 is 2.84 bits per heavy atom. The van der Waals surface area contributed by atoms with Crippen LogP contribution in [0.25, 0.3) is 0 Å². The molecule has 0 aliphatic carbocycles. The van der Waals surface area contributed by atoms with E-state index in [0.717, 1.165) is 27.3 Å². The van der Waals surface area contributed by atoms with Gasteiger partial charge in [0.25, 0.3) is 0 Å². The minimum atomic E-state index is 0.0650. The minimum absolute atomic E-state index is 0.0650. The van der Waals surface area contributed by atoms with Crippen molar-refractivity contribution in [1.29, 1.82) is 0 Å². The molecule has 0 aromatic heterocycles. The predicted molar refractivity (Wildman–Crippen MR) is 97.9 cm³/mol. The molecule has 0 saturated carbocycles. The standard InChI is InChI=1S/C19H20BrNO4/c1-2-21(12-14-6-7-17-18(10-14)25-13-24-17)19(22)8-9-23-16-5-3-4-15(20)11-16/h3-7,10-11H,2,8-9,12-13H2,1H3. The molecule has 2 aromatic carbocycles. The molecule has 2 aromatic rings. The Balaban J connectivity index is 1.52. The van der Waals surface area contributed by atoms with Gasteiger partial charge in [-0.3, -0.25) is 4.79 Å². The summed E-state index contributed by atoms with van der Waals surface area (Å²) in [6.45, 7) is 3.77. The molecule has 0 fully saturated rings. The third-order valence-corrected chi connectivity index (χ3v) is 4.42. The zero-order valence-electron chi connectivity index (χ0n) is 14.0. The van der Waals surface area contributed by atoms with Crippen LogP contribution in [0.15, 0.2) is 46.9 Å². The molecule has 0 radical (unpaired) electrons. The first-order chi connectivity index (χ1) is 12.2. The normalized spacial score (nSPS) is 12.1. The van der Waals surface area contributed by atoms with Crippen LogP contribution in [0.1, 0.15) is 18.9 Å². The summed E-state index contributed by atoms with van der Waals surface area (Å²) in [6.07, 6.45) is 0.338. The van der Waals surface area contributed by atoms with Crippen molar-refractivity contribution in [3.63, 3.8) is 0 Å². The van der Waals surface area contributed by atoms with Crippen molar-refractivity contribution in [2.24, 2.45) is 0 Å². The molecule has 1 aliphatic rings. The number of nitrogens with zero attached hydrogens (tertiary/aromatic N) is 1. The smallest absolute Gasteiger partial charge is 0.231 e. The molecule has 132 valence electrons. The molecule has 0 bridgehead atoms. The summed E-state index contributed by atoms with van der Waals surface area (Å²) in [6, 6.07) is 13.4. The number of hydrogen-bond donors (Lipinski definition) is 0. The maximum absolute atomic E-state index is 12.5. The largest absolute Gasteiger partial charge is 0.493 e. The molecule has 1 aliphatic heterocycles. The van der Waals surface area contributed by atoms with E-state index in [-0.39, 0.29) is 12.7 Å². The van der Waals surface area contributed by atoms with E-state index in [1.165, 1.54) is 0 Å².